The zero-order valence-electron chi connectivity index (χ0n) is 6.05. The molecule has 0 aliphatic heterocycles. The van der Waals surface area contributed by atoms with Gasteiger partial charge in [-0.2, -0.15) is 6.92 Å². The summed E-state index contributed by atoms with van der Waals surface area (Å²) in [7, 11) is 1.39. The minimum atomic E-state index is -0.523. The van der Waals surface area contributed by atoms with Crippen molar-refractivity contribution in [2.45, 2.75) is 6.92 Å². The second-order valence-corrected chi connectivity index (χ2v) is 1.55. The minimum Gasteiger partial charge on any atom is -0.375 e. The van der Waals surface area contributed by atoms with E-state index < -0.39 is 5.78 Å². The van der Waals surface area contributed by atoms with Gasteiger partial charge in [0, 0.05) is 45.5 Å². The van der Waals surface area contributed by atoms with Crippen LogP contribution in [0.3, 0.4) is 0 Å². The Labute approximate surface area is 85.2 Å². The van der Waals surface area contributed by atoms with E-state index in [0.29, 0.717) is 0 Å². The Balaban J connectivity index is 0. The normalized spacial score (nSPS) is 10.0. The summed E-state index contributed by atoms with van der Waals surface area (Å²) in [6, 6.07) is 0. The maximum Gasteiger partial charge on any atom is 0.100 e. The van der Waals surface area contributed by atoms with Crippen molar-refractivity contribution in [3.05, 3.63) is 6.92 Å². The maximum atomic E-state index is 10.4. The molecule has 0 heterocycles. The molecule has 0 N–H and O–H groups in total. The molecule has 0 aliphatic carbocycles. The van der Waals surface area contributed by atoms with Crippen LogP contribution in [0, 0.1) is 6.92 Å². The first-order valence-corrected chi connectivity index (χ1v) is 2.43. The van der Waals surface area contributed by atoms with Gasteiger partial charge in [-0.15, -0.1) is 0 Å². The molecule has 0 aromatic carbocycles. The molecule has 0 rings (SSSR count). The van der Waals surface area contributed by atoms with Crippen molar-refractivity contribution in [2.75, 3.05) is 7.05 Å². The first-order valence-electron chi connectivity index (χ1n) is 2.43. The van der Waals surface area contributed by atoms with E-state index in [1.165, 1.54) is 14.0 Å². The SMILES string of the molecule is [CH2-]C(=O)C(=NC)C(C)=O.[Y]. The van der Waals surface area contributed by atoms with E-state index in [-0.39, 0.29) is 44.2 Å². The first kappa shape index (κ1) is 12.6. The van der Waals surface area contributed by atoms with Crippen LogP contribution < -0.4 is 0 Å². The van der Waals surface area contributed by atoms with E-state index in [9.17, 15) is 9.59 Å². The summed E-state index contributed by atoms with van der Waals surface area (Å²) in [5, 5.41) is 0. The molecule has 0 saturated heterocycles. The standard InChI is InChI=1S/C6H8NO2.Y/c1-4(8)6(7-3)5(2)9;/h1H2,2-3H3;/q-1;. The molecular formula is C6H8NO2Y-. The van der Waals surface area contributed by atoms with Gasteiger partial charge >= 0.3 is 0 Å². The van der Waals surface area contributed by atoms with E-state index in [2.05, 4.69) is 11.9 Å². The van der Waals surface area contributed by atoms with Crippen molar-refractivity contribution in [3.8, 4) is 0 Å². The van der Waals surface area contributed by atoms with Gasteiger partial charge in [0.25, 0.3) is 0 Å². The van der Waals surface area contributed by atoms with E-state index in [4.69, 9.17) is 0 Å². The maximum absolute atomic E-state index is 10.4. The van der Waals surface area contributed by atoms with Crippen molar-refractivity contribution in [1.29, 1.82) is 0 Å². The quantitative estimate of drug-likeness (QED) is 0.371. The molecule has 3 nitrogen and oxygen atoms in total. The van der Waals surface area contributed by atoms with Gasteiger partial charge in [-0.25, -0.2) is 0 Å². The van der Waals surface area contributed by atoms with Crippen LogP contribution in [0.2, 0.25) is 0 Å². The Hall–Kier alpha value is -0.0161. The van der Waals surface area contributed by atoms with Gasteiger partial charge in [-0.1, -0.05) is 0 Å². The Morgan fingerprint density at radius 3 is 1.80 bits per heavy atom. The molecule has 0 aromatic heterocycles. The van der Waals surface area contributed by atoms with Gasteiger partial charge in [0.2, 0.25) is 0 Å². The fourth-order valence-electron chi connectivity index (χ4n) is 0.478. The number of carbonyl (C=O) groups excluding carboxylic acids is 2. The van der Waals surface area contributed by atoms with Crippen LogP contribution in [0.1, 0.15) is 6.92 Å². The van der Waals surface area contributed by atoms with Gasteiger partial charge in [0.15, 0.2) is 0 Å². The van der Waals surface area contributed by atoms with Crippen LogP contribution in [0.5, 0.6) is 0 Å². The molecule has 0 spiro atoms. The second-order valence-electron chi connectivity index (χ2n) is 1.55. The third-order valence-electron chi connectivity index (χ3n) is 0.821. The minimum absolute atomic E-state index is 0. The van der Waals surface area contributed by atoms with Gasteiger partial charge < -0.3 is 14.6 Å². The molecule has 0 fully saturated rings. The van der Waals surface area contributed by atoms with Crippen LogP contribution >= 0.6 is 0 Å². The predicted octanol–water partition coefficient (Wildman–Crippen LogP) is 0.0469. The second kappa shape index (κ2) is 5.75. The van der Waals surface area contributed by atoms with Crippen LogP contribution in [0.15, 0.2) is 4.99 Å². The largest absolute Gasteiger partial charge is 0.375 e. The zero-order valence-corrected chi connectivity index (χ0v) is 8.89. The van der Waals surface area contributed by atoms with E-state index in [0.717, 1.165) is 0 Å². The van der Waals surface area contributed by atoms with Gasteiger partial charge in [0.05, 0.1) is 0 Å². The predicted molar refractivity (Wildman–Crippen MR) is 34.4 cm³/mol. The average Bonchev–Trinajstić information content (AvgIpc) is 1.64. The Bertz CT molecular complexity index is 159. The first-order chi connectivity index (χ1) is 4.09. The Morgan fingerprint density at radius 1 is 1.40 bits per heavy atom. The summed E-state index contributed by atoms with van der Waals surface area (Å²) in [5.74, 6) is -0.859. The monoisotopic (exact) mass is 215 g/mol. The molecule has 0 saturated carbocycles. The molecule has 1 radical (unpaired) electrons. The fourth-order valence-corrected chi connectivity index (χ4v) is 0.478. The van der Waals surface area contributed by atoms with E-state index in [1.807, 2.05) is 0 Å². The number of carbonyl (C=O) groups is 2. The molecule has 10 heavy (non-hydrogen) atoms. The van der Waals surface area contributed by atoms with Crippen molar-refractivity contribution in [2.24, 2.45) is 4.99 Å². The molecule has 0 amide bonds. The van der Waals surface area contributed by atoms with Crippen LogP contribution in [0.4, 0.5) is 0 Å². The van der Waals surface area contributed by atoms with Crippen molar-refractivity contribution in [1.82, 2.24) is 0 Å². The summed E-state index contributed by atoms with van der Waals surface area (Å²) in [6.07, 6.45) is 0. The third kappa shape index (κ3) is 3.91. The third-order valence-corrected chi connectivity index (χ3v) is 0.821. The van der Waals surface area contributed by atoms with Crippen LogP contribution in [-0.2, 0) is 42.3 Å². The molecule has 0 atom stereocenters. The molecule has 0 unspecified atom stereocenters. The molecule has 53 valence electrons. The summed E-state index contributed by atoms with van der Waals surface area (Å²) >= 11 is 0. The Morgan fingerprint density at radius 2 is 1.80 bits per heavy atom. The van der Waals surface area contributed by atoms with E-state index in [1.54, 1.807) is 0 Å². The molecule has 4 heteroatoms. The summed E-state index contributed by atoms with van der Waals surface area (Å²) < 4.78 is 0. The van der Waals surface area contributed by atoms with Crippen molar-refractivity contribution < 1.29 is 42.3 Å². The summed E-state index contributed by atoms with van der Waals surface area (Å²) in [5.41, 5.74) is -0.0741. The smallest absolute Gasteiger partial charge is 0.100 e. The Kier molecular flexibility index (Phi) is 7.26. The molecule has 0 aliphatic rings. The van der Waals surface area contributed by atoms with Gasteiger partial charge in [-0.3, -0.25) is 0 Å². The number of aliphatic imine (C=N–C) groups is 1. The number of ketones is 2. The molecule has 0 bridgehead atoms. The van der Waals surface area contributed by atoms with Crippen molar-refractivity contribution >= 4 is 17.3 Å². The molecular weight excluding hydrogens is 207 g/mol. The summed E-state index contributed by atoms with van der Waals surface area (Å²) in [4.78, 5) is 24.2. The van der Waals surface area contributed by atoms with Crippen molar-refractivity contribution in [3.63, 3.8) is 0 Å². The molecule has 0 aromatic rings. The van der Waals surface area contributed by atoms with E-state index >= 15 is 0 Å². The number of nitrogens with zero attached hydrogens (tertiary/aromatic N) is 1. The number of Topliss-reactive ketones (excluding diaryl/α,β-unsaturated/α-hetero) is 2. The number of rotatable bonds is 2. The number of hydrogen-bond acceptors (Lipinski definition) is 3. The average molecular weight is 215 g/mol. The van der Waals surface area contributed by atoms with Crippen LogP contribution in [-0.4, -0.2) is 24.3 Å². The zero-order chi connectivity index (χ0) is 7.44. The number of hydrogen-bond donors (Lipinski definition) is 0. The van der Waals surface area contributed by atoms with Gasteiger partial charge in [0.1, 0.15) is 5.78 Å². The topological polar surface area (TPSA) is 46.5 Å². The summed E-state index contributed by atoms with van der Waals surface area (Å²) in [6.45, 7) is 4.32. The fraction of sp³-hybridized carbons (Fsp3) is 0.333. The van der Waals surface area contributed by atoms with Gasteiger partial charge in [-0.05, 0) is 12.6 Å². The van der Waals surface area contributed by atoms with Crippen LogP contribution in [0.25, 0.3) is 0 Å².